The normalized spacial score (nSPS) is 10.3. The van der Waals surface area contributed by atoms with E-state index in [0.717, 1.165) is 11.1 Å². The third-order valence-corrected chi connectivity index (χ3v) is 5.26. The van der Waals surface area contributed by atoms with Crippen LogP contribution in [0, 0.1) is 0 Å². The third kappa shape index (κ3) is 8.30. The van der Waals surface area contributed by atoms with Gasteiger partial charge in [0.1, 0.15) is 12.3 Å². The van der Waals surface area contributed by atoms with Crippen LogP contribution in [0.3, 0.4) is 0 Å². The van der Waals surface area contributed by atoms with Gasteiger partial charge in [0, 0.05) is 13.1 Å². The van der Waals surface area contributed by atoms with Crippen LogP contribution in [0.1, 0.15) is 28.4 Å². The summed E-state index contributed by atoms with van der Waals surface area (Å²) in [6.45, 7) is 2.39. The lowest BCUT2D eigenvalue weighted by Crippen LogP contribution is -2.37. The summed E-state index contributed by atoms with van der Waals surface area (Å²) in [6.07, 6.45) is 0.683. The number of rotatable bonds is 12. The number of ether oxygens (including phenoxy) is 2. The number of nitrogens with one attached hydrogen (secondary N) is 1. The SMILES string of the molecule is CCOc1ccccc1C(=O)NCC(=O)OCC(=O)N(CCc1ccccc1)Cc1ccccc1. The largest absolute Gasteiger partial charge is 0.493 e. The van der Waals surface area contributed by atoms with E-state index in [1.54, 1.807) is 29.2 Å². The lowest BCUT2D eigenvalue weighted by molar-refractivity contribution is -0.151. The maximum atomic E-state index is 12.9. The van der Waals surface area contributed by atoms with E-state index in [2.05, 4.69) is 5.32 Å². The summed E-state index contributed by atoms with van der Waals surface area (Å²) in [5.41, 5.74) is 2.43. The van der Waals surface area contributed by atoms with Crippen LogP contribution in [0.5, 0.6) is 5.75 Å². The minimum atomic E-state index is -0.691. The minimum absolute atomic E-state index is 0.300. The molecule has 2 amide bonds. The van der Waals surface area contributed by atoms with Crippen LogP contribution in [-0.4, -0.2) is 49.0 Å². The number of esters is 1. The standard InChI is InChI=1S/C28H30N2O5/c1-2-34-25-16-10-9-15-24(25)28(33)29-19-27(32)35-21-26(31)30(20-23-13-7-4-8-14-23)18-17-22-11-5-3-6-12-22/h3-16H,2,17-21H2,1H3,(H,29,33). The fourth-order valence-corrected chi connectivity index (χ4v) is 3.47. The van der Waals surface area contributed by atoms with Crippen molar-refractivity contribution in [1.29, 1.82) is 0 Å². The van der Waals surface area contributed by atoms with Gasteiger partial charge in [-0.25, -0.2) is 0 Å². The van der Waals surface area contributed by atoms with Crippen molar-refractivity contribution in [1.82, 2.24) is 10.2 Å². The lowest BCUT2D eigenvalue weighted by atomic mass is 10.1. The van der Waals surface area contributed by atoms with Crippen molar-refractivity contribution in [3.8, 4) is 5.75 Å². The molecule has 0 saturated heterocycles. The number of amides is 2. The maximum Gasteiger partial charge on any atom is 0.325 e. The molecule has 7 nitrogen and oxygen atoms in total. The van der Waals surface area contributed by atoms with Crippen LogP contribution in [0.2, 0.25) is 0 Å². The monoisotopic (exact) mass is 474 g/mol. The fourth-order valence-electron chi connectivity index (χ4n) is 3.47. The minimum Gasteiger partial charge on any atom is -0.493 e. The first-order valence-electron chi connectivity index (χ1n) is 11.6. The van der Waals surface area contributed by atoms with E-state index in [-0.39, 0.29) is 12.5 Å². The van der Waals surface area contributed by atoms with Crippen molar-refractivity contribution in [3.05, 3.63) is 102 Å². The van der Waals surface area contributed by atoms with Crippen LogP contribution in [0.4, 0.5) is 0 Å². The van der Waals surface area contributed by atoms with Gasteiger partial charge in [-0.3, -0.25) is 14.4 Å². The molecule has 0 aliphatic rings. The second-order valence-corrected chi connectivity index (χ2v) is 7.81. The Bertz CT molecular complexity index is 1100. The van der Waals surface area contributed by atoms with Crippen molar-refractivity contribution in [2.24, 2.45) is 0 Å². The summed E-state index contributed by atoms with van der Waals surface area (Å²) < 4.78 is 10.6. The Balaban J connectivity index is 1.52. The molecular formula is C28H30N2O5. The summed E-state index contributed by atoms with van der Waals surface area (Å²) in [5, 5.41) is 2.52. The second kappa shape index (κ2) is 13.5. The third-order valence-electron chi connectivity index (χ3n) is 5.26. The molecule has 0 fully saturated rings. The van der Waals surface area contributed by atoms with Crippen LogP contribution >= 0.6 is 0 Å². The van der Waals surface area contributed by atoms with Gasteiger partial charge in [-0.15, -0.1) is 0 Å². The number of benzene rings is 3. The predicted molar refractivity (Wildman–Crippen MR) is 133 cm³/mol. The Labute approximate surface area is 205 Å². The van der Waals surface area contributed by atoms with Crippen molar-refractivity contribution in [2.75, 3.05) is 26.3 Å². The molecule has 3 aromatic rings. The number of nitrogens with zero attached hydrogens (tertiary/aromatic N) is 1. The summed E-state index contributed by atoms with van der Waals surface area (Å²) in [5.74, 6) is -1.01. The molecule has 0 bridgehead atoms. The Kier molecular flexibility index (Phi) is 9.87. The highest BCUT2D eigenvalue weighted by Gasteiger charge is 2.18. The van der Waals surface area contributed by atoms with Crippen LogP contribution < -0.4 is 10.1 Å². The molecule has 0 saturated carbocycles. The number of carbonyl (C=O) groups excluding carboxylic acids is 3. The Morgan fingerprint density at radius 1 is 0.829 bits per heavy atom. The van der Waals surface area contributed by atoms with Gasteiger partial charge in [0.2, 0.25) is 0 Å². The van der Waals surface area contributed by atoms with Crippen molar-refractivity contribution < 1.29 is 23.9 Å². The molecule has 0 heterocycles. The average Bonchev–Trinajstić information content (AvgIpc) is 2.90. The zero-order chi connectivity index (χ0) is 24.9. The molecule has 0 unspecified atom stereocenters. The van der Waals surface area contributed by atoms with Gasteiger partial charge < -0.3 is 19.7 Å². The second-order valence-electron chi connectivity index (χ2n) is 7.81. The van der Waals surface area contributed by atoms with Gasteiger partial charge in [0.15, 0.2) is 6.61 Å². The predicted octanol–water partition coefficient (Wildman–Crippen LogP) is 3.63. The first kappa shape index (κ1) is 25.5. The van der Waals surface area contributed by atoms with E-state index in [1.807, 2.05) is 67.6 Å². The fraction of sp³-hybridized carbons (Fsp3) is 0.250. The van der Waals surface area contributed by atoms with E-state index >= 15 is 0 Å². The summed E-state index contributed by atoms with van der Waals surface area (Å²) in [6, 6.07) is 26.3. The van der Waals surface area contributed by atoms with Gasteiger partial charge in [-0.2, -0.15) is 0 Å². The molecule has 0 spiro atoms. The molecule has 7 heteroatoms. The molecule has 0 atom stereocenters. The molecule has 3 rings (SSSR count). The van der Waals surface area contributed by atoms with E-state index < -0.39 is 18.5 Å². The number of para-hydroxylation sites is 1. The topological polar surface area (TPSA) is 84.9 Å². The maximum absolute atomic E-state index is 12.9. The summed E-state index contributed by atoms with van der Waals surface area (Å²) in [7, 11) is 0. The van der Waals surface area contributed by atoms with Crippen molar-refractivity contribution in [2.45, 2.75) is 19.9 Å². The van der Waals surface area contributed by atoms with Gasteiger partial charge in [0.25, 0.3) is 11.8 Å². The van der Waals surface area contributed by atoms with Gasteiger partial charge in [0.05, 0.1) is 12.2 Å². The lowest BCUT2D eigenvalue weighted by Gasteiger charge is -2.23. The van der Waals surface area contributed by atoms with Crippen molar-refractivity contribution in [3.63, 3.8) is 0 Å². The van der Waals surface area contributed by atoms with E-state index in [1.165, 1.54) is 0 Å². The van der Waals surface area contributed by atoms with Gasteiger partial charge >= 0.3 is 5.97 Å². The first-order chi connectivity index (χ1) is 17.1. The molecule has 182 valence electrons. The average molecular weight is 475 g/mol. The highest BCUT2D eigenvalue weighted by molar-refractivity contribution is 5.98. The van der Waals surface area contributed by atoms with E-state index in [9.17, 15) is 14.4 Å². The number of carbonyl (C=O) groups is 3. The zero-order valence-electron chi connectivity index (χ0n) is 19.8. The summed E-state index contributed by atoms with van der Waals surface area (Å²) >= 11 is 0. The number of hydrogen-bond donors (Lipinski definition) is 1. The van der Waals surface area contributed by atoms with Crippen LogP contribution in [0.15, 0.2) is 84.9 Å². The molecule has 0 radical (unpaired) electrons. The van der Waals surface area contributed by atoms with Crippen LogP contribution in [0.25, 0.3) is 0 Å². The molecule has 0 aliphatic heterocycles. The quantitative estimate of drug-likeness (QED) is 0.405. The molecular weight excluding hydrogens is 444 g/mol. The van der Waals surface area contributed by atoms with Crippen LogP contribution in [-0.2, 0) is 27.3 Å². The molecule has 35 heavy (non-hydrogen) atoms. The smallest absolute Gasteiger partial charge is 0.325 e. The highest BCUT2D eigenvalue weighted by Crippen LogP contribution is 2.17. The Hall–Kier alpha value is -4.13. The molecule has 1 N–H and O–H groups in total. The summed E-state index contributed by atoms with van der Waals surface area (Å²) in [4.78, 5) is 39.2. The Morgan fingerprint density at radius 3 is 2.14 bits per heavy atom. The highest BCUT2D eigenvalue weighted by atomic mass is 16.5. The van der Waals surface area contributed by atoms with Gasteiger partial charge in [-0.05, 0) is 36.6 Å². The van der Waals surface area contributed by atoms with Gasteiger partial charge in [-0.1, -0.05) is 72.8 Å². The molecule has 3 aromatic carbocycles. The number of hydrogen-bond acceptors (Lipinski definition) is 5. The first-order valence-corrected chi connectivity index (χ1v) is 11.6. The van der Waals surface area contributed by atoms with Crippen molar-refractivity contribution >= 4 is 17.8 Å². The molecule has 0 aromatic heterocycles. The van der Waals surface area contributed by atoms with E-state index in [0.29, 0.717) is 37.4 Å². The zero-order valence-corrected chi connectivity index (χ0v) is 19.8. The van der Waals surface area contributed by atoms with E-state index in [4.69, 9.17) is 9.47 Å². The molecule has 0 aliphatic carbocycles. The Morgan fingerprint density at radius 2 is 1.46 bits per heavy atom.